The van der Waals surface area contributed by atoms with E-state index < -0.39 is 0 Å². The van der Waals surface area contributed by atoms with Gasteiger partial charge in [-0.15, -0.1) is 0 Å². The van der Waals surface area contributed by atoms with Gasteiger partial charge in [0.25, 0.3) is 0 Å². The largest absolute Gasteiger partial charge is 0.469 e. The summed E-state index contributed by atoms with van der Waals surface area (Å²) in [5, 5.41) is 2.69. The summed E-state index contributed by atoms with van der Waals surface area (Å²) >= 11 is 0. The van der Waals surface area contributed by atoms with E-state index in [0.717, 1.165) is 5.76 Å². The van der Waals surface area contributed by atoms with Gasteiger partial charge in [-0.3, -0.25) is 9.59 Å². The molecule has 5 nitrogen and oxygen atoms in total. The van der Waals surface area contributed by atoms with Crippen molar-refractivity contribution >= 4 is 11.8 Å². The van der Waals surface area contributed by atoms with Crippen LogP contribution in [0.5, 0.6) is 0 Å². The second-order valence-corrected chi connectivity index (χ2v) is 4.12. The lowest BCUT2D eigenvalue weighted by molar-refractivity contribution is -0.144. The van der Waals surface area contributed by atoms with E-state index in [9.17, 15) is 9.59 Å². The molecule has 1 N–H and O–H groups in total. The second kappa shape index (κ2) is 5.03. The predicted octanol–water partition coefficient (Wildman–Crippen LogP) is 0.559. The first-order valence-electron chi connectivity index (χ1n) is 5.81. The van der Waals surface area contributed by atoms with E-state index in [4.69, 9.17) is 4.42 Å². The van der Waals surface area contributed by atoms with Gasteiger partial charge in [0.05, 0.1) is 12.8 Å². The van der Waals surface area contributed by atoms with Crippen molar-refractivity contribution in [1.82, 2.24) is 10.2 Å². The van der Waals surface area contributed by atoms with Crippen LogP contribution < -0.4 is 5.32 Å². The summed E-state index contributed by atoms with van der Waals surface area (Å²) in [6, 6.07) is 3.31. The Morgan fingerprint density at radius 3 is 3.00 bits per heavy atom. The van der Waals surface area contributed by atoms with Crippen molar-refractivity contribution in [2.45, 2.75) is 25.8 Å². The van der Waals surface area contributed by atoms with Gasteiger partial charge in [0.1, 0.15) is 11.8 Å². The lowest BCUT2D eigenvalue weighted by Gasteiger charge is -2.31. The van der Waals surface area contributed by atoms with Crippen LogP contribution >= 0.6 is 0 Å². The van der Waals surface area contributed by atoms with E-state index in [1.807, 2.05) is 19.1 Å². The first-order valence-corrected chi connectivity index (χ1v) is 5.81. The summed E-state index contributed by atoms with van der Waals surface area (Å²) < 4.78 is 5.20. The predicted molar refractivity (Wildman–Crippen MR) is 61.2 cm³/mol. The van der Waals surface area contributed by atoms with Crippen molar-refractivity contribution in [3.05, 3.63) is 24.2 Å². The monoisotopic (exact) mass is 236 g/mol. The molecule has 0 aliphatic carbocycles. The highest BCUT2D eigenvalue weighted by molar-refractivity contribution is 5.94. The molecule has 2 rings (SSSR count). The third-order valence-electron chi connectivity index (χ3n) is 2.90. The van der Waals surface area contributed by atoms with Crippen LogP contribution in [0.1, 0.15) is 19.1 Å². The fourth-order valence-electron chi connectivity index (χ4n) is 1.94. The van der Waals surface area contributed by atoms with Crippen molar-refractivity contribution in [3.63, 3.8) is 0 Å². The summed E-state index contributed by atoms with van der Waals surface area (Å²) in [6.45, 7) is 2.56. The third kappa shape index (κ3) is 2.67. The van der Waals surface area contributed by atoms with Crippen molar-refractivity contribution < 1.29 is 14.0 Å². The number of hydrogen-bond donors (Lipinski definition) is 1. The standard InChI is InChI=1S/C12H16N2O3/c1-2-10-12(16)14(8-11(15)13-10)6-5-9-4-3-7-17-9/h3-4,7,10H,2,5-6,8H2,1H3,(H,13,15). The Morgan fingerprint density at radius 2 is 2.35 bits per heavy atom. The molecule has 2 amide bonds. The van der Waals surface area contributed by atoms with Gasteiger partial charge in [-0.1, -0.05) is 6.92 Å². The molecule has 1 aromatic rings. The molecule has 0 bridgehead atoms. The van der Waals surface area contributed by atoms with Gasteiger partial charge < -0.3 is 14.6 Å². The fourth-order valence-corrected chi connectivity index (χ4v) is 1.94. The Bertz CT molecular complexity index is 400. The summed E-state index contributed by atoms with van der Waals surface area (Å²) in [4.78, 5) is 25.0. The molecule has 1 aliphatic heterocycles. The van der Waals surface area contributed by atoms with Gasteiger partial charge in [0.2, 0.25) is 11.8 Å². The van der Waals surface area contributed by atoms with Gasteiger partial charge in [0, 0.05) is 13.0 Å². The molecular formula is C12H16N2O3. The van der Waals surface area contributed by atoms with Gasteiger partial charge in [-0.2, -0.15) is 0 Å². The summed E-state index contributed by atoms with van der Waals surface area (Å²) in [5.74, 6) is 0.742. The Hall–Kier alpha value is -1.78. The number of amides is 2. The number of carbonyl (C=O) groups is 2. The average Bonchev–Trinajstić information content (AvgIpc) is 2.82. The summed E-state index contributed by atoms with van der Waals surface area (Å²) in [7, 11) is 0. The van der Waals surface area contributed by atoms with Crippen molar-refractivity contribution in [2.24, 2.45) is 0 Å². The Morgan fingerprint density at radius 1 is 1.53 bits per heavy atom. The quantitative estimate of drug-likeness (QED) is 0.830. The molecule has 2 heterocycles. The molecule has 1 saturated heterocycles. The maximum Gasteiger partial charge on any atom is 0.245 e. The average molecular weight is 236 g/mol. The topological polar surface area (TPSA) is 62.6 Å². The van der Waals surface area contributed by atoms with Gasteiger partial charge >= 0.3 is 0 Å². The number of carbonyl (C=O) groups excluding carboxylic acids is 2. The molecule has 92 valence electrons. The van der Waals surface area contributed by atoms with Crippen LogP contribution in [0.4, 0.5) is 0 Å². The number of furan rings is 1. The van der Waals surface area contributed by atoms with E-state index in [0.29, 0.717) is 19.4 Å². The molecular weight excluding hydrogens is 220 g/mol. The number of hydrogen-bond acceptors (Lipinski definition) is 3. The molecule has 0 radical (unpaired) electrons. The first kappa shape index (κ1) is 11.7. The van der Waals surface area contributed by atoms with Crippen molar-refractivity contribution in [3.8, 4) is 0 Å². The molecule has 1 aromatic heterocycles. The van der Waals surface area contributed by atoms with Crippen molar-refractivity contribution in [1.29, 1.82) is 0 Å². The van der Waals surface area contributed by atoms with Gasteiger partial charge in [-0.25, -0.2) is 0 Å². The van der Waals surface area contributed by atoms with E-state index in [1.165, 1.54) is 0 Å². The Balaban J connectivity index is 1.94. The maximum atomic E-state index is 11.9. The van der Waals surface area contributed by atoms with Crippen LogP contribution in [-0.2, 0) is 16.0 Å². The zero-order chi connectivity index (χ0) is 12.3. The molecule has 5 heteroatoms. The van der Waals surface area contributed by atoms with Crippen LogP contribution in [0.15, 0.2) is 22.8 Å². The van der Waals surface area contributed by atoms with Crippen LogP contribution in [0, 0.1) is 0 Å². The normalized spacial score (nSPS) is 20.5. The SMILES string of the molecule is CCC1NC(=O)CN(CCc2ccco2)C1=O. The second-order valence-electron chi connectivity index (χ2n) is 4.12. The van der Waals surface area contributed by atoms with E-state index in [-0.39, 0.29) is 24.4 Å². The first-order chi connectivity index (χ1) is 8.20. The highest BCUT2D eigenvalue weighted by Crippen LogP contribution is 2.08. The zero-order valence-corrected chi connectivity index (χ0v) is 9.81. The minimum atomic E-state index is -0.368. The van der Waals surface area contributed by atoms with Crippen LogP contribution in [-0.4, -0.2) is 35.8 Å². The van der Waals surface area contributed by atoms with Gasteiger partial charge in [-0.05, 0) is 18.6 Å². The summed E-state index contributed by atoms with van der Waals surface area (Å²) in [5.41, 5.74) is 0. The number of nitrogens with one attached hydrogen (secondary N) is 1. The van der Waals surface area contributed by atoms with Gasteiger partial charge in [0.15, 0.2) is 0 Å². The van der Waals surface area contributed by atoms with E-state index in [1.54, 1.807) is 11.2 Å². The highest BCUT2D eigenvalue weighted by atomic mass is 16.3. The van der Waals surface area contributed by atoms with E-state index >= 15 is 0 Å². The lowest BCUT2D eigenvalue weighted by atomic mass is 10.1. The van der Waals surface area contributed by atoms with Crippen LogP contribution in [0.25, 0.3) is 0 Å². The Labute approximate surface area is 99.8 Å². The zero-order valence-electron chi connectivity index (χ0n) is 9.81. The molecule has 1 unspecified atom stereocenters. The fraction of sp³-hybridized carbons (Fsp3) is 0.500. The lowest BCUT2D eigenvalue weighted by Crippen LogP contribution is -2.58. The highest BCUT2D eigenvalue weighted by Gasteiger charge is 2.30. The minimum absolute atomic E-state index is 0.00124. The number of nitrogens with zero attached hydrogens (tertiary/aromatic N) is 1. The molecule has 17 heavy (non-hydrogen) atoms. The molecule has 0 spiro atoms. The van der Waals surface area contributed by atoms with Crippen molar-refractivity contribution in [2.75, 3.05) is 13.1 Å². The Kier molecular flexibility index (Phi) is 3.46. The molecule has 1 fully saturated rings. The van der Waals surface area contributed by atoms with Crippen LogP contribution in [0.3, 0.4) is 0 Å². The van der Waals surface area contributed by atoms with Crippen LogP contribution in [0.2, 0.25) is 0 Å². The molecule has 0 saturated carbocycles. The molecule has 1 aliphatic rings. The molecule has 1 atom stereocenters. The maximum absolute atomic E-state index is 11.9. The number of rotatable bonds is 4. The molecule has 0 aromatic carbocycles. The smallest absolute Gasteiger partial charge is 0.245 e. The third-order valence-corrected chi connectivity index (χ3v) is 2.90. The van der Waals surface area contributed by atoms with E-state index in [2.05, 4.69) is 5.32 Å². The minimum Gasteiger partial charge on any atom is -0.469 e. The summed E-state index contributed by atoms with van der Waals surface area (Å²) in [6.07, 6.45) is 2.87. The number of piperazine rings is 1.